The van der Waals surface area contributed by atoms with E-state index >= 15 is 0 Å². The Morgan fingerprint density at radius 1 is 1.06 bits per heavy atom. The predicted octanol–water partition coefficient (Wildman–Crippen LogP) is 4.86. The van der Waals surface area contributed by atoms with Crippen LogP contribution in [0.5, 0.6) is 0 Å². The maximum absolute atomic E-state index is 3.87. The molecule has 0 heterocycles. The fraction of sp³-hybridized carbons (Fsp3) is 1.00. The van der Waals surface area contributed by atoms with Gasteiger partial charge in [-0.2, -0.15) is 0 Å². The Hall–Kier alpha value is -0.0400. The molecule has 0 radical (unpaired) electrons. The van der Waals surface area contributed by atoms with Crippen molar-refractivity contribution in [3.8, 4) is 0 Å². The van der Waals surface area contributed by atoms with E-state index in [1.807, 2.05) is 0 Å². The summed E-state index contributed by atoms with van der Waals surface area (Å²) in [6.07, 6.45) is 7.01. The quantitative estimate of drug-likeness (QED) is 0.690. The van der Waals surface area contributed by atoms with Crippen LogP contribution in [0.3, 0.4) is 0 Å². The Balaban J connectivity index is 2.62. The van der Waals surface area contributed by atoms with Gasteiger partial charge in [-0.1, -0.05) is 47.5 Å². The van der Waals surface area contributed by atoms with E-state index in [2.05, 4.69) is 46.9 Å². The highest BCUT2D eigenvalue weighted by atomic mass is 15.0. The summed E-state index contributed by atoms with van der Waals surface area (Å²) in [5.41, 5.74) is 0.375. The molecule has 0 aliphatic heterocycles. The van der Waals surface area contributed by atoms with Crippen LogP contribution in [0.2, 0.25) is 0 Å². The summed E-state index contributed by atoms with van der Waals surface area (Å²) in [4.78, 5) is 0. The van der Waals surface area contributed by atoms with Crippen LogP contribution < -0.4 is 5.32 Å². The molecule has 0 aromatic heterocycles. The molecule has 0 bridgehead atoms. The molecular formula is C17H35N. The van der Waals surface area contributed by atoms with Crippen molar-refractivity contribution < 1.29 is 0 Å². The molecule has 0 amide bonds. The summed E-state index contributed by atoms with van der Waals surface area (Å²) in [6, 6.07) is 0. The normalized spacial score (nSPS) is 34.0. The molecule has 1 aliphatic carbocycles. The van der Waals surface area contributed by atoms with Gasteiger partial charge < -0.3 is 5.32 Å². The number of rotatable bonds is 5. The molecule has 1 heteroatoms. The van der Waals surface area contributed by atoms with Crippen LogP contribution >= 0.6 is 0 Å². The fourth-order valence-electron chi connectivity index (χ4n) is 3.68. The van der Waals surface area contributed by atoms with Crippen LogP contribution in [0.4, 0.5) is 0 Å². The molecule has 1 nitrogen and oxygen atoms in total. The molecule has 3 unspecified atom stereocenters. The van der Waals surface area contributed by atoms with E-state index in [0.717, 1.165) is 30.2 Å². The van der Waals surface area contributed by atoms with Gasteiger partial charge in [0.15, 0.2) is 0 Å². The van der Waals surface area contributed by atoms with Gasteiger partial charge in [0, 0.05) is 5.54 Å². The lowest BCUT2D eigenvalue weighted by Crippen LogP contribution is -2.45. The molecule has 18 heavy (non-hydrogen) atoms. The average molecular weight is 253 g/mol. The minimum atomic E-state index is 0.375. The maximum Gasteiger partial charge on any atom is 0.0158 e. The second kappa shape index (κ2) is 6.93. The summed E-state index contributed by atoms with van der Waals surface area (Å²) in [7, 11) is 0. The van der Waals surface area contributed by atoms with E-state index in [1.54, 1.807) is 0 Å². The van der Waals surface area contributed by atoms with Crippen LogP contribution in [0.15, 0.2) is 0 Å². The van der Waals surface area contributed by atoms with Crippen LogP contribution in [-0.2, 0) is 0 Å². The summed E-state index contributed by atoms with van der Waals surface area (Å²) < 4.78 is 0. The molecule has 108 valence electrons. The minimum absolute atomic E-state index is 0.375. The molecular weight excluding hydrogens is 218 g/mol. The highest BCUT2D eigenvalue weighted by Crippen LogP contribution is 2.36. The van der Waals surface area contributed by atoms with Gasteiger partial charge in [-0.25, -0.2) is 0 Å². The highest BCUT2D eigenvalue weighted by Gasteiger charge is 2.32. The van der Waals surface area contributed by atoms with Crippen molar-refractivity contribution >= 4 is 0 Å². The largest absolute Gasteiger partial charge is 0.311 e. The lowest BCUT2D eigenvalue weighted by atomic mass is 9.82. The standard InChI is InChI=1S/C17H35N/c1-13(2)9-16-8-7-15(5)10-17(6,11-16)18-12-14(3)4/h13-16,18H,7-12H2,1-6H3. The second-order valence-corrected chi connectivity index (χ2v) is 7.92. The zero-order valence-electron chi connectivity index (χ0n) is 13.6. The minimum Gasteiger partial charge on any atom is -0.311 e. The van der Waals surface area contributed by atoms with E-state index in [0.29, 0.717) is 5.54 Å². The predicted molar refractivity (Wildman–Crippen MR) is 81.8 cm³/mol. The van der Waals surface area contributed by atoms with Crippen LogP contribution in [0.25, 0.3) is 0 Å². The van der Waals surface area contributed by atoms with Crippen LogP contribution in [0.1, 0.15) is 73.6 Å². The summed E-state index contributed by atoms with van der Waals surface area (Å²) >= 11 is 0. The Kier molecular flexibility index (Phi) is 6.17. The van der Waals surface area contributed by atoms with Gasteiger partial charge in [0.1, 0.15) is 0 Å². The first-order valence-corrected chi connectivity index (χ1v) is 8.06. The summed E-state index contributed by atoms with van der Waals surface area (Å²) in [6.45, 7) is 15.4. The molecule has 1 fully saturated rings. The summed E-state index contributed by atoms with van der Waals surface area (Å²) in [5.74, 6) is 3.41. The van der Waals surface area contributed by atoms with Crippen molar-refractivity contribution in [1.82, 2.24) is 5.32 Å². The van der Waals surface area contributed by atoms with Gasteiger partial charge in [-0.3, -0.25) is 0 Å². The van der Waals surface area contributed by atoms with Crippen molar-refractivity contribution in [3.05, 3.63) is 0 Å². The Labute approximate surface area is 115 Å². The highest BCUT2D eigenvalue weighted by molar-refractivity contribution is 4.90. The first-order valence-electron chi connectivity index (χ1n) is 8.06. The van der Waals surface area contributed by atoms with Gasteiger partial charge in [0.25, 0.3) is 0 Å². The molecule has 1 saturated carbocycles. The molecule has 0 aromatic carbocycles. The molecule has 1 N–H and O–H groups in total. The lowest BCUT2D eigenvalue weighted by molar-refractivity contribution is 0.235. The smallest absolute Gasteiger partial charge is 0.0158 e. The zero-order valence-corrected chi connectivity index (χ0v) is 13.6. The molecule has 0 saturated heterocycles. The second-order valence-electron chi connectivity index (χ2n) is 7.92. The van der Waals surface area contributed by atoms with Crippen LogP contribution in [-0.4, -0.2) is 12.1 Å². The third-order valence-electron chi connectivity index (χ3n) is 4.35. The van der Waals surface area contributed by atoms with E-state index in [-0.39, 0.29) is 0 Å². The average Bonchev–Trinajstić information content (AvgIpc) is 2.35. The molecule has 1 rings (SSSR count). The summed E-state index contributed by atoms with van der Waals surface area (Å²) in [5, 5.41) is 3.87. The van der Waals surface area contributed by atoms with E-state index in [1.165, 1.54) is 32.1 Å². The van der Waals surface area contributed by atoms with E-state index in [9.17, 15) is 0 Å². The van der Waals surface area contributed by atoms with Gasteiger partial charge in [-0.05, 0) is 56.4 Å². The third-order valence-corrected chi connectivity index (χ3v) is 4.35. The van der Waals surface area contributed by atoms with Crippen LogP contribution in [0, 0.1) is 23.7 Å². The Morgan fingerprint density at radius 3 is 2.28 bits per heavy atom. The number of hydrogen-bond acceptors (Lipinski definition) is 1. The van der Waals surface area contributed by atoms with Crippen molar-refractivity contribution in [2.45, 2.75) is 79.2 Å². The van der Waals surface area contributed by atoms with Crippen molar-refractivity contribution in [2.75, 3.05) is 6.54 Å². The van der Waals surface area contributed by atoms with Gasteiger partial charge in [-0.15, -0.1) is 0 Å². The maximum atomic E-state index is 3.87. The van der Waals surface area contributed by atoms with Gasteiger partial charge in [0.2, 0.25) is 0 Å². The SMILES string of the molecule is CC(C)CNC1(C)CC(C)CCC(CC(C)C)C1. The van der Waals surface area contributed by atoms with Crippen molar-refractivity contribution in [1.29, 1.82) is 0 Å². The van der Waals surface area contributed by atoms with Crippen molar-refractivity contribution in [2.24, 2.45) is 23.7 Å². The molecule has 1 aliphatic rings. The number of hydrogen-bond donors (Lipinski definition) is 1. The first-order chi connectivity index (χ1) is 8.31. The van der Waals surface area contributed by atoms with Gasteiger partial charge in [0.05, 0.1) is 0 Å². The Morgan fingerprint density at radius 2 is 1.72 bits per heavy atom. The third kappa shape index (κ3) is 5.73. The van der Waals surface area contributed by atoms with Crippen molar-refractivity contribution in [3.63, 3.8) is 0 Å². The van der Waals surface area contributed by atoms with E-state index in [4.69, 9.17) is 0 Å². The fourth-order valence-corrected chi connectivity index (χ4v) is 3.68. The monoisotopic (exact) mass is 253 g/mol. The van der Waals surface area contributed by atoms with Gasteiger partial charge >= 0.3 is 0 Å². The molecule has 0 aromatic rings. The molecule has 0 spiro atoms. The lowest BCUT2D eigenvalue weighted by Gasteiger charge is -2.35. The molecule has 3 atom stereocenters. The topological polar surface area (TPSA) is 12.0 Å². The zero-order chi connectivity index (χ0) is 13.8. The number of nitrogens with one attached hydrogen (secondary N) is 1. The first kappa shape index (κ1) is 16.0. The Bertz CT molecular complexity index is 234. The van der Waals surface area contributed by atoms with E-state index < -0.39 is 0 Å².